The SMILES string of the molecule is CNCCCC(=O)N1CCN(CC(=O)NCCOC)CC1. The van der Waals surface area contributed by atoms with E-state index < -0.39 is 0 Å². The molecule has 0 aromatic carbocycles. The number of nitrogens with zero attached hydrogens (tertiary/aromatic N) is 2. The third kappa shape index (κ3) is 7.40. The highest BCUT2D eigenvalue weighted by atomic mass is 16.5. The van der Waals surface area contributed by atoms with Crippen LogP contribution in [0, 0.1) is 0 Å². The van der Waals surface area contributed by atoms with E-state index in [4.69, 9.17) is 4.74 Å². The van der Waals surface area contributed by atoms with Gasteiger partial charge >= 0.3 is 0 Å². The molecule has 0 bridgehead atoms. The van der Waals surface area contributed by atoms with Gasteiger partial charge in [-0.25, -0.2) is 0 Å². The molecule has 2 N–H and O–H groups in total. The Labute approximate surface area is 127 Å². The predicted molar refractivity (Wildman–Crippen MR) is 81.1 cm³/mol. The Morgan fingerprint density at radius 2 is 1.86 bits per heavy atom. The number of hydrogen-bond acceptors (Lipinski definition) is 5. The van der Waals surface area contributed by atoms with Crippen LogP contribution in [0.25, 0.3) is 0 Å². The number of amides is 2. The minimum Gasteiger partial charge on any atom is -0.383 e. The highest BCUT2D eigenvalue weighted by molar-refractivity contribution is 5.78. The van der Waals surface area contributed by atoms with E-state index in [1.165, 1.54) is 0 Å². The number of rotatable bonds is 9. The zero-order valence-electron chi connectivity index (χ0n) is 13.2. The smallest absolute Gasteiger partial charge is 0.234 e. The van der Waals surface area contributed by atoms with Crippen LogP contribution in [0.2, 0.25) is 0 Å². The van der Waals surface area contributed by atoms with Crippen LogP contribution in [-0.2, 0) is 14.3 Å². The molecular weight excluding hydrogens is 272 g/mol. The minimum absolute atomic E-state index is 0.0147. The first-order valence-electron chi connectivity index (χ1n) is 7.57. The van der Waals surface area contributed by atoms with E-state index in [0.29, 0.717) is 39.2 Å². The van der Waals surface area contributed by atoms with Gasteiger partial charge < -0.3 is 20.3 Å². The average Bonchev–Trinajstić information content (AvgIpc) is 2.48. The van der Waals surface area contributed by atoms with E-state index >= 15 is 0 Å². The van der Waals surface area contributed by atoms with Gasteiger partial charge in [0, 0.05) is 46.3 Å². The molecule has 0 radical (unpaired) electrons. The number of methoxy groups -OCH3 is 1. The first-order chi connectivity index (χ1) is 10.2. The van der Waals surface area contributed by atoms with Gasteiger partial charge in [0.1, 0.15) is 0 Å². The summed E-state index contributed by atoms with van der Waals surface area (Å²) < 4.78 is 4.89. The summed E-state index contributed by atoms with van der Waals surface area (Å²) in [4.78, 5) is 27.6. The average molecular weight is 300 g/mol. The maximum Gasteiger partial charge on any atom is 0.234 e. The van der Waals surface area contributed by atoms with E-state index in [-0.39, 0.29) is 11.8 Å². The zero-order chi connectivity index (χ0) is 15.5. The van der Waals surface area contributed by atoms with Gasteiger partial charge in [0.2, 0.25) is 11.8 Å². The Kier molecular flexibility index (Phi) is 8.96. The molecular formula is C14H28N4O3. The third-order valence-electron chi connectivity index (χ3n) is 3.54. The van der Waals surface area contributed by atoms with Crippen molar-refractivity contribution in [1.82, 2.24) is 20.4 Å². The number of hydrogen-bond donors (Lipinski definition) is 2. The number of ether oxygens (including phenoxy) is 1. The predicted octanol–water partition coefficient (Wildman–Crippen LogP) is -1.11. The molecule has 21 heavy (non-hydrogen) atoms. The standard InChI is InChI=1S/C14H28N4O3/c1-15-5-3-4-14(20)18-9-7-17(8-10-18)12-13(19)16-6-11-21-2/h15H,3-12H2,1-2H3,(H,16,19). The Morgan fingerprint density at radius 1 is 1.14 bits per heavy atom. The lowest BCUT2D eigenvalue weighted by atomic mass is 10.2. The molecule has 1 saturated heterocycles. The van der Waals surface area contributed by atoms with Crippen LogP contribution in [0.1, 0.15) is 12.8 Å². The monoisotopic (exact) mass is 300 g/mol. The lowest BCUT2D eigenvalue weighted by molar-refractivity contribution is -0.133. The van der Waals surface area contributed by atoms with Crippen molar-refractivity contribution in [3.05, 3.63) is 0 Å². The summed E-state index contributed by atoms with van der Waals surface area (Å²) in [6.07, 6.45) is 1.47. The Hall–Kier alpha value is -1.18. The molecule has 1 aliphatic rings. The highest BCUT2D eigenvalue weighted by Crippen LogP contribution is 2.04. The molecule has 1 aliphatic heterocycles. The summed E-state index contributed by atoms with van der Waals surface area (Å²) >= 11 is 0. The fourth-order valence-electron chi connectivity index (χ4n) is 2.28. The van der Waals surface area contributed by atoms with Crippen LogP contribution in [0.15, 0.2) is 0 Å². The quantitative estimate of drug-likeness (QED) is 0.528. The second-order valence-corrected chi connectivity index (χ2v) is 5.21. The van der Waals surface area contributed by atoms with Crippen LogP contribution in [0.4, 0.5) is 0 Å². The van der Waals surface area contributed by atoms with Crippen molar-refractivity contribution in [3.63, 3.8) is 0 Å². The number of nitrogens with one attached hydrogen (secondary N) is 2. The molecule has 0 saturated carbocycles. The van der Waals surface area contributed by atoms with Gasteiger partial charge in [-0.3, -0.25) is 14.5 Å². The third-order valence-corrected chi connectivity index (χ3v) is 3.54. The molecule has 0 atom stereocenters. The molecule has 1 heterocycles. The molecule has 7 nitrogen and oxygen atoms in total. The lowest BCUT2D eigenvalue weighted by Crippen LogP contribution is -2.51. The maximum atomic E-state index is 12.0. The summed E-state index contributed by atoms with van der Waals surface area (Å²) in [5.41, 5.74) is 0. The zero-order valence-corrected chi connectivity index (χ0v) is 13.2. The summed E-state index contributed by atoms with van der Waals surface area (Å²) in [7, 11) is 3.50. The molecule has 0 spiro atoms. The second kappa shape index (κ2) is 10.5. The van der Waals surface area contributed by atoms with Gasteiger partial charge in [0.05, 0.1) is 13.2 Å². The van der Waals surface area contributed by atoms with E-state index in [2.05, 4.69) is 15.5 Å². The molecule has 1 rings (SSSR count). The molecule has 2 amide bonds. The lowest BCUT2D eigenvalue weighted by Gasteiger charge is -2.34. The highest BCUT2D eigenvalue weighted by Gasteiger charge is 2.21. The van der Waals surface area contributed by atoms with Crippen LogP contribution in [-0.4, -0.2) is 88.2 Å². The largest absolute Gasteiger partial charge is 0.383 e. The van der Waals surface area contributed by atoms with Crippen LogP contribution in [0.5, 0.6) is 0 Å². The summed E-state index contributed by atoms with van der Waals surface area (Å²) in [5, 5.41) is 5.85. The first-order valence-corrected chi connectivity index (χ1v) is 7.57. The summed E-state index contributed by atoms with van der Waals surface area (Å²) in [6, 6.07) is 0. The topological polar surface area (TPSA) is 73.9 Å². The van der Waals surface area contributed by atoms with Crippen LogP contribution >= 0.6 is 0 Å². The summed E-state index contributed by atoms with van der Waals surface area (Å²) in [6.45, 7) is 5.27. The van der Waals surface area contributed by atoms with Gasteiger partial charge in [-0.15, -0.1) is 0 Å². The molecule has 0 aliphatic carbocycles. The Morgan fingerprint density at radius 3 is 2.48 bits per heavy atom. The van der Waals surface area contributed by atoms with Gasteiger partial charge in [0.15, 0.2) is 0 Å². The molecule has 1 fully saturated rings. The normalized spacial score (nSPS) is 16.0. The number of carbonyl (C=O) groups excluding carboxylic acids is 2. The Bertz CT molecular complexity index is 317. The second-order valence-electron chi connectivity index (χ2n) is 5.21. The van der Waals surface area contributed by atoms with E-state index in [0.717, 1.165) is 26.1 Å². The number of piperazine rings is 1. The molecule has 0 aromatic rings. The molecule has 0 unspecified atom stereocenters. The van der Waals surface area contributed by atoms with Gasteiger partial charge in [0.25, 0.3) is 0 Å². The van der Waals surface area contributed by atoms with Crippen LogP contribution < -0.4 is 10.6 Å². The van der Waals surface area contributed by atoms with E-state index in [9.17, 15) is 9.59 Å². The van der Waals surface area contributed by atoms with Crippen molar-refractivity contribution in [2.75, 3.05) is 66.6 Å². The summed E-state index contributed by atoms with van der Waals surface area (Å²) in [5.74, 6) is 0.232. The van der Waals surface area contributed by atoms with Crippen molar-refractivity contribution >= 4 is 11.8 Å². The van der Waals surface area contributed by atoms with Crippen LogP contribution in [0.3, 0.4) is 0 Å². The molecule has 0 aromatic heterocycles. The molecule has 122 valence electrons. The van der Waals surface area contributed by atoms with Crippen molar-refractivity contribution in [2.24, 2.45) is 0 Å². The molecule has 7 heteroatoms. The van der Waals surface area contributed by atoms with Gasteiger partial charge in [-0.1, -0.05) is 0 Å². The minimum atomic E-state index is 0.0147. The number of carbonyl (C=O) groups is 2. The maximum absolute atomic E-state index is 12.0. The van der Waals surface area contributed by atoms with Crippen molar-refractivity contribution in [3.8, 4) is 0 Å². The fraction of sp³-hybridized carbons (Fsp3) is 0.857. The van der Waals surface area contributed by atoms with Crippen molar-refractivity contribution < 1.29 is 14.3 Å². The van der Waals surface area contributed by atoms with Crippen molar-refractivity contribution in [1.29, 1.82) is 0 Å². The van der Waals surface area contributed by atoms with E-state index in [1.54, 1.807) is 7.11 Å². The Balaban J connectivity index is 2.16. The van der Waals surface area contributed by atoms with Gasteiger partial charge in [-0.2, -0.15) is 0 Å². The van der Waals surface area contributed by atoms with E-state index in [1.807, 2.05) is 11.9 Å². The first kappa shape index (κ1) is 17.9. The van der Waals surface area contributed by atoms with Gasteiger partial charge in [-0.05, 0) is 20.0 Å². The van der Waals surface area contributed by atoms with Crippen molar-refractivity contribution in [2.45, 2.75) is 12.8 Å². The fourth-order valence-corrected chi connectivity index (χ4v) is 2.28.